The Kier molecular flexibility index (Phi) is 7.25. The van der Waals surface area contributed by atoms with Gasteiger partial charge in [0.05, 0.1) is 24.2 Å². The molecule has 27 heavy (non-hydrogen) atoms. The van der Waals surface area contributed by atoms with Crippen LogP contribution in [0.5, 0.6) is 0 Å². The van der Waals surface area contributed by atoms with E-state index in [1.807, 2.05) is 0 Å². The van der Waals surface area contributed by atoms with Crippen molar-refractivity contribution in [2.24, 2.45) is 0 Å². The number of hydrogen-bond acceptors (Lipinski definition) is 4. The van der Waals surface area contributed by atoms with E-state index in [0.29, 0.717) is 11.4 Å². The molecule has 0 aliphatic rings. The van der Waals surface area contributed by atoms with E-state index in [0.717, 1.165) is 0 Å². The quantitative estimate of drug-likeness (QED) is 0.575. The molecule has 0 unspecified atom stereocenters. The second-order valence-electron chi connectivity index (χ2n) is 5.19. The molecule has 2 rings (SSSR count). The Morgan fingerprint density at radius 1 is 1.44 bits per heavy atom. The van der Waals surface area contributed by atoms with Gasteiger partial charge in [0, 0.05) is 24.9 Å². The van der Waals surface area contributed by atoms with E-state index in [1.165, 1.54) is 15.8 Å². The van der Waals surface area contributed by atoms with Crippen LogP contribution in [-0.4, -0.2) is 38.2 Å². The van der Waals surface area contributed by atoms with E-state index < -0.39 is 23.3 Å². The van der Waals surface area contributed by atoms with Crippen LogP contribution in [-0.2, 0) is 4.79 Å². The first-order valence-electron chi connectivity index (χ1n) is 7.75. The van der Waals surface area contributed by atoms with Crippen molar-refractivity contribution in [2.45, 2.75) is 18.6 Å². The average Bonchev–Trinajstić information content (AvgIpc) is 2.97. The van der Waals surface area contributed by atoms with Gasteiger partial charge in [-0.1, -0.05) is 23.4 Å². The second kappa shape index (κ2) is 9.23. The lowest BCUT2D eigenvalue weighted by atomic mass is 10.3. The number of hydrogen-bond donors (Lipinski definition) is 0. The zero-order valence-corrected chi connectivity index (χ0v) is 15.7. The maximum atomic E-state index is 13.2. The lowest BCUT2D eigenvalue weighted by Gasteiger charge is -2.20. The molecule has 0 saturated carbocycles. The smallest absolute Gasteiger partial charge is 0.308 e. The number of rotatable bonds is 8. The summed E-state index contributed by atoms with van der Waals surface area (Å²) in [6, 6.07) is 3.45. The Bertz CT molecular complexity index is 812. The molecular formula is C16H15ClF4N4OS. The average molecular weight is 423 g/mol. The Morgan fingerprint density at radius 2 is 2.19 bits per heavy atom. The van der Waals surface area contributed by atoms with Gasteiger partial charge in [-0.15, -0.1) is 0 Å². The fourth-order valence-corrected chi connectivity index (χ4v) is 3.16. The molecule has 0 radical (unpaired) electrons. The van der Waals surface area contributed by atoms with Gasteiger partial charge < -0.3 is 4.90 Å². The number of pyridine rings is 1. The number of alkyl halides is 2. The molecule has 0 fully saturated rings. The molecule has 0 aliphatic heterocycles. The highest BCUT2D eigenvalue weighted by Gasteiger charge is 2.29. The number of carbonyl (C=O) groups excluding carboxylic acids is 1. The minimum Gasteiger partial charge on any atom is -0.308 e. The van der Waals surface area contributed by atoms with Crippen LogP contribution in [0, 0.1) is 0 Å². The molecule has 146 valence electrons. The Labute approximate surface area is 162 Å². The lowest BCUT2D eigenvalue weighted by Crippen LogP contribution is -2.31. The fraction of sp³-hybridized carbons (Fsp3) is 0.312. The van der Waals surface area contributed by atoms with Gasteiger partial charge in [0.15, 0.2) is 5.15 Å². The third-order valence-electron chi connectivity index (χ3n) is 3.36. The highest BCUT2D eigenvalue weighted by molar-refractivity contribution is 8.00. The van der Waals surface area contributed by atoms with Gasteiger partial charge >= 0.3 is 5.25 Å². The van der Waals surface area contributed by atoms with Crippen LogP contribution >= 0.6 is 23.4 Å². The molecule has 0 atom stereocenters. The highest BCUT2D eigenvalue weighted by Crippen LogP contribution is 2.33. The van der Waals surface area contributed by atoms with Crippen molar-refractivity contribution in [1.29, 1.82) is 0 Å². The van der Waals surface area contributed by atoms with E-state index >= 15 is 0 Å². The number of nitrogens with zero attached hydrogens (tertiary/aromatic N) is 4. The van der Waals surface area contributed by atoms with Gasteiger partial charge in [0.25, 0.3) is 6.08 Å². The summed E-state index contributed by atoms with van der Waals surface area (Å²) < 4.78 is 51.8. The van der Waals surface area contributed by atoms with Crippen molar-refractivity contribution in [3.05, 3.63) is 48.0 Å². The summed E-state index contributed by atoms with van der Waals surface area (Å²) in [6.45, 7) is 1.93. The summed E-state index contributed by atoms with van der Waals surface area (Å²) in [4.78, 5) is 17.6. The first-order valence-corrected chi connectivity index (χ1v) is 9.11. The van der Waals surface area contributed by atoms with Gasteiger partial charge in [0.1, 0.15) is 5.69 Å². The molecule has 5 nitrogen and oxygen atoms in total. The topological polar surface area (TPSA) is 51.0 Å². The third-order valence-corrected chi connectivity index (χ3v) is 4.54. The first kappa shape index (κ1) is 21.2. The van der Waals surface area contributed by atoms with Crippen molar-refractivity contribution < 1.29 is 22.4 Å². The number of thioether (sulfide) groups is 1. The summed E-state index contributed by atoms with van der Waals surface area (Å²) in [5.74, 6) is -0.807. The highest BCUT2D eigenvalue weighted by atomic mass is 35.5. The normalized spacial score (nSPS) is 11.3. The van der Waals surface area contributed by atoms with Crippen LogP contribution in [0.4, 0.5) is 23.2 Å². The minimum absolute atomic E-state index is 0.0346. The van der Waals surface area contributed by atoms with Crippen LogP contribution in [0.25, 0.3) is 5.69 Å². The summed E-state index contributed by atoms with van der Waals surface area (Å²) in [7, 11) is 0. The van der Waals surface area contributed by atoms with E-state index in [4.69, 9.17) is 11.6 Å². The van der Waals surface area contributed by atoms with Crippen LogP contribution in [0.2, 0.25) is 5.15 Å². The van der Waals surface area contributed by atoms with Crippen molar-refractivity contribution >= 4 is 35.0 Å². The lowest BCUT2D eigenvalue weighted by molar-refractivity contribution is -0.118. The molecule has 11 heteroatoms. The molecule has 0 aromatic carbocycles. The fourth-order valence-electron chi connectivity index (χ4n) is 2.21. The molecule has 0 spiro atoms. The molecule has 0 aliphatic carbocycles. The zero-order chi connectivity index (χ0) is 20.0. The number of carbonyl (C=O) groups is 1. The number of halogens is 5. The maximum Gasteiger partial charge on any atom is 0.317 e. The van der Waals surface area contributed by atoms with Crippen LogP contribution in [0.15, 0.2) is 42.9 Å². The molecular weight excluding hydrogens is 408 g/mol. The summed E-state index contributed by atoms with van der Waals surface area (Å²) in [6.07, 6.45) is 1.50. The second-order valence-corrected chi connectivity index (χ2v) is 6.79. The molecule has 0 saturated heterocycles. The van der Waals surface area contributed by atoms with Crippen molar-refractivity contribution in [1.82, 2.24) is 14.8 Å². The van der Waals surface area contributed by atoms with Crippen LogP contribution in [0.3, 0.4) is 0 Å². The molecule has 0 bridgehead atoms. The van der Waals surface area contributed by atoms with Gasteiger partial charge in [-0.3, -0.25) is 9.78 Å². The summed E-state index contributed by atoms with van der Waals surface area (Å²) in [5, 5.41) is 0.443. The molecule has 2 aromatic heterocycles. The number of amides is 1. The SMILES string of the molecule is CCN(C(=O)CCSC(F)(F)C=C(F)F)c1cn(-c2cccnc2)nc1Cl. The standard InChI is InChI=1S/C16H15ClF4N4OS/c1-2-24(14(26)5-7-27-16(20,21)8-13(18)19)12-10-25(23-15(12)17)11-4-3-6-22-9-11/h3-4,6,8-10H,2,5,7H2,1H3. The maximum absolute atomic E-state index is 13.2. The van der Waals surface area contributed by atoms with Gasteiger partial charge in [-0.25, -0.2) is 4.68 Å². The number of aromatic nitrogens is 3. The van der Waals surface area contributed by atoms with E-state index in [9.17, 15) is 22.4 Å². The van der Waals surface area contributed by atoms with Crippen LogP contribution in [0.1, 0.15) is 13.3 Å². The van der Waals surface area contributed by atoms with Gasteiger partial charge in [0.2, 0.25) is 5.91 Å². The summed E-state index contributed by atoms with van der Waals surface area (Å²) >= 11 is 6.08. The van der Waals surface area contributed by atoms with E-state index in [1.54, 1.807) is 31.5 Å². The van der Waals surface area contributed by atoms with Gasteiger partial charge in [-0.2, -0.15) is 22.7 Å². The molecule has 2 heterocycles. The molecule has 2 aromatic rings. The predicted molar refractivity (Wildman–Crippen MR) is 96.7 cm³/mol. The largest absolute Gasteiger partial charge is 0.317 e. The van der Waals surface area contributed by atoms with E-state index in [2.05, 4.69) is 10.1 Å². The zero-order valence-electron chi connectivity index (χ0n) is 14.1. The van der Waals surface area contributed by atoms with E-state index in [-0.39, 0.29) is 35.6 Å². The predicted octanol–water partition coefficient (Wildman–Crippen LogP) is 4.77. The van der Waals surface area contributed by atoms with Crippen molar-refractivity contribution in [2.75, 3.05) is 17.2 Å². The van der Waals surface area contributed by atoms with Crippen molar-refractivity contribution in [3.63, 3.8) is 0 Å². The van der Waals surface area contributed by atoms with Crippen LogP contribution < -0.4 is 4.90 Å². The Morgan fingerprint density at radius 3 is 2.78 bits per heavy atom. The van der Waals surface area contributed by atoms with Crippen molar-refractivity contribution in [3.8, 4) is 5.69 Å². The minimum atomic E-state index is -3.74. The number of anilines is 1. The third kappa shape index (κ3) is 5.96. The Balaban J connectivity index is 2.07. The Hall–Kier alpha value is -2.07. The monoisotopic (exact) mass is 422 g/mol. The summed E-state index contributed by atoms with van der Waals surface area (Å²) in [5.41, 5.74) is 0.948. The molecule has 0 N–H and O–H groups in total. The molecule has 1 amide bonds. The first-order chi connectivity index (χ1) is 12.7. The van der Waals surface area contributed by atoms with Gasteiger partial charge in [-0.05, 0) is 19.1 Å².